The van der Waals surface area contributed by atoms with Crippen molar-refractivity contribution in [1.82, 2.24) is 15.0 Å². The molecule has 0 fully saturated rings. The Bertz CT molecular complexity index is 640. The Hall–Kier alpha value is -1.28. The van der Waals surface area contributed by atoms with Gasteiger partial charge < -0.3 is 9.72 Å². The first kappa shape index (κ1) is 14.1. The van der Waals surface area contributed by atoms with E-state index in [9.17, 15) is 4.79 Å². The zero-order valence-corrected chi connectivity index (χ0v) is 12.9. The lowest BCUT2D eigenvalue weighted by Gasteiger charge is -2.08. The number of nitrogens with zero attached hydrogens (tertiary/aromatic N) is 2. The van der Waals surface area contributed by atoms with Crippen LogP contribution >= 0.6 is 22.6 Å². The predicted octanol–water partition coefficient (Wildman–Crippen LogP) is 2.15. The predicted molar refractivity (Wildman–Crippen MR) is 80.9 cm³/mol. The van der Waals surface area contributed by atoms with Crippen LogP contribution in [0, 0.1) is 3.57 Å². The highest BCUT2D eigenvalue weighted by atomic mass is 127. The van der Waals surface area contributed by atoms with Gasteiger partial charge in [-0.1, -0.05) is 13.0 Å². The number of aromatic nitrogens is 3. The van der Waals surface area contributed by atoms with Crippen LogP contribution in [0.25, 0.3) is 11.5 Å². The fraction of sp³-hybridized carbons (Fsp3) is 0.308. The van der Waals surface area contributed by atoms with Crippen molar-refractivity contribution in [2.24, 2.45) is 0 Å². The van der Waals surface area contributed by atoms with Gasteiger partial charge in [0.05, 0.1) is 12.3 Å². The molecule has 5 nitrogen and oxygen atoms in total. The van der Waals surface area contributed by atoms with Crippen LogP contribution in [0.1, 0.15) is 18.2 Å². The lowest BCUT2D eigenvalue weighted by molar-refractivity contribution is 0.180. The first-order chi connectivity index (χ1) is 9.17. The second kappa shape index (κ2) is 6.25. The van der Waals surface area contributed by atoms with Crippen molar-refractivity contribution in [2.75, 3.05) is 7.11 Å². The molecule has 0 aromatic carbocycles. The number of hydrogen-bond acceptors (Lipinski definition) is 4. The van der Waals surface area contributed by atoms with E-state index < -0.39 is 0 Å². The summed E-state index contributed by atoms with van der Waals surface area (Å²) in [5, 5.41) is 0. The molecule has 19 heavy (non-hydrogen) atoms. The quantitative estimate of drug-likeness (QED) is 0.837. The molecule has 0 saturated carbocycles. The van der Waals surface area contributed by atoms with E-state index in [1.807, 2.05) is 41.6 Å². The van der Waals surface area contributed by atoms with Gasteiger partial charge in [0, 0.05) is 13.3 Å². The van der Waals surface area contributed by atoms with Crippen molar-refractivity contribution in [3.63, 3.8) is 0 Å². The van der Waals surface area contributed by atoms with Crippen molar-refractivity contribution in [3.05, 3.63) is 43.5 Å². The number of ether oxygens (including phenoxy) is 1. The molecular formula is C13H14IN3O2. The number of nitrogens with one attached hydrogen (secondary N) is 1. The molecule has 6 heteroatoms. The number of pyridine rings is 1. The minimum absolute atomic E-state index is 0.162. The summed E-state index contributed by atoms with van der Waals surface area (Å²) in [5.41, 5.74) is 2.24. The molecule has 2 aromatic heterocycles. The highest BCUT2D eigenvalue weighted by Gasteiger charge is 2.13. The largest absolute Gasteiger partial charge is 0.378 e. The summed E-state index contributed by atoms with van der Waals surface area (Å²) in [6, 6.07) is 3.86. The van der Waals surface area contributed by atoms with E-state index >= 15 is 0 Å². The molecule has 2 heterocycles. The van der Waals surface area contributed by atoms with Crippen LogP contribution in [0.5, 0.6) is 0 Å². The maximum absolute atomic E-state index is 11.9. The molecule has 0 unspecified atom stereocenters. The van der Waals surface area contributed by atoms with E-state index in [2.05, 4.69) is 15.0 Å². The molecule has 0 radical (unpaired) electrons. The first-order valence-corrected chi connectivity index (χ1v) is 6.97. The Morgan fingerprint density at radius 3 is 2.95 bits per heavy atom. The number of halogens is 1. The molecule has 0 amide bonds. The van der Waals surface area contributed by atoms with Gasteiger partial charge in [-0.05, 0) is 40.6 Å². The normalized spacial score (nSPS) is 10.7. The second-order valence-corrected chi connectivity index (χ2v) is 5.05. The Kier molecular flexibility index (Phi) is 4.65. The Morgan fingerprint density at radius 1 is 1.47 bits per heavy atom. The van der Waals surface area contributed by atoms with E-state index in [0.29, 0.717) is 21.7 Å². The van der Waals surface area contributed by atoms with Crippen molar-refractivity contribution in [2.45, 2.75) is 20.0 Å². The van der Waals surface area contributed by atoms with Crippen LogP contribution in [0.15, 0.2) is 23.1 Å². The van der Waals surface area contributed by atoms with Crippen molar-refractivity contribution in [3.8, 4) is 11.5 Å². The monoisotopic (exact) mass is 371 g/mol. The minimum atomic E-state index is -0.162. The van der Waals surface area contributed by atoms with Gasteiger partial charge >= 0.3 is 0 Å². The molecular weight excluding hydrogens is 357 g/mol. The highest BCUT2D eigenvalue weighted by Crippen LogP contribution is 2.18. The minimum Gasteiger partial charge on any atom is -0.378 e. The van der Waals surface area contributed by atoms with Gasteiger partial charge in [0.2, 0.25) is 0 Å². The van der Waals surface area contributed by atoms with Gasteiger partial charge in [0.1, 0.15) is 9.26 Å². The summed E-state index contributed by atoms with van der Waals surface area (Å²) >= 11 is 1.98. The lowest BCUT2D eigenvalue weighted by atomic mass is 10.1. The van der Waals surface area contributed by atoms with Gasteiger partial charge in [-0.25, -0.2) is 4.98 Å². The molecule has 0 spiro atoms. The summed E-state index contributed by atoms with van der Waals surface area (Å²) in [6.07, 6.45) is 2.53. The van der Waals surface area contributed by atoms with E-state index in [1.54, 1.807) is 13.3 Å². The smallest absolute Gasteiger partial charge is 0.265 e. The van der Waals surface area contributed by atoms with Gasteiger partial charge in [-0.15, -0.1) is 0 Å². The molecule has 0 aliphatic carbocycles. The van der Waals surface area contributed by atoms with Crippen molar-refractivity contribution >= 4 is 22.6 Å². The number of H-pyrrole nitrogens is 1. The molecule has 2 rings (SSSR count). The number of hydrogen-bond donors (Lipinski definition) is 1. The fourth-order valence-electron chi connectivity index (χ4n) is 1.79. The topological polar surface area (TPSA) is 67.9 Å². The van der Waals surface area contributed by atoms with E-state index in [0.717, 1.165) is 17.7 Å². The molecule has 0 aliphatic rings. The standard InChI is InChI=1S/C13H14IN3O2/c1-3-8-5-4-6-15-11(8)12-16-9(7-19-2)10(14)13(18)17-12/h4-6H,3,7H2,1-2H3,(H,16,17,18). The van der Waals surface area contributed by atoms with Gasteiger partial charge in [0.25, 0.3) is 5.56 Å². The second-order valence-electron chi connectivity index (χ2n) is 3.97. The van der Waals surface area contributed by atoms with Crippen LogP contribution in [-0.4, -0.2) is 22.1 Å². The highest BCUT2D eigenvalue weighted by molar-refractivity contribution is 14.1. The van der Waals surface area contributed by atoms with E-state index in [-0.39, 0.29) is 5.56 Å². The van der Waals surface area contributed by atoms with Crippen LogP contribution in [0.4, 0.5) is 0 Å². The number of aryl methyl sites for hydroxylation is 1. The molecule has 0 bridgehead atoms. The molecule has 0 saturated heterocycles. The van der Waals surface area contributed by atoms with Crippen LogP contribution in [0.2, 0.25) is 0 Å². The number of rotatable bonds is 4. The summed E-state index contributed by atoms with van der Waals surface area (Å²) in [4.78, 5) is 23.5. The molecule has 2 aromatic rings. The molecule has 100 valence electrons. The SMILES string of the molecule is CCc1cccnc1-c1nc(COC)c(I)c(=O)[nH]1. The summed E-state index contributed by atoms with van der Waals surface area (Å²) < 4.78 is 5.62. The first-order valence-electron chi connectivity index (χ1n) is 5.89. The Balaban J connectivity index is 2.59. The van der Waals surface area contributed by atoms with Crippen molar-refractivity contribution < 1.29 is 4.74 Å². The Labute approximate surface area is 124 Å². The third-order valence-corrected chi connectivity index (χ3v) is 3.82. The summed E-state index contributed by atoms with van der Waals surface area (Å²) in [5.74, 6) is 0.495. The zero-order valence-electron chi connectivity index (χ0n) is 10.7. The van der Waals surface area contributed by atoms with Gasteiger partial charge in [0.15, 0.2) is 5.82 Å². The third-order valence-electron chi connectivity index (χ3n) is 2.71. The molecule has 1 N–H and O–H groups in total. The molecule has 0 aliphatic heterocycles. The van der Waals surface area contributed by atoms with Crippen molar-refractivity contribution in [1.29, 1.82) is 0 Å². The lowest BCUT2D eigenvalue weighted by Crippen LogP contribution is -2.17. The third kappa shape index (κ3) is 3.01. The maximum Gasteiger partial charge on any atom is 0.265 e. The summed E-state index contributed by atoms with van der Waals surface area (Å²) in [7, 11) is 1.58. The van der Waals surface area contributed by atoms with E-state index in [4.69, 9.17) is 4.74 Å². The van der Waals surface area contributed by atoms with Crippen LogP contribution < -0.4 is 5.56 Å². The van der Waals surface area contributed by atoms with Gasteiger partial charge in [-0.3, -0.25) is 9.78 Å². The summed E-state index contributed by atoms with van der Waals surface area (Å²) in [6.45, 7) is 2.35. The van der Waals surface area contributed by atoms with Crippen LogP contribution in [-0.2, 0) is 17.8 Å². The van der Waals surface area contributed by atoms with Gasteiger partial charge in [-0.2, -0.15) is 0 Å². The Morgan fingerprint density at radius 2 is 2.26 bits per heavy atom. The average Bonchev–Trinajstić information content (AvgIpc) is 2.43. The number of methoxy groups -OCH3 is 1. The fourth-order valence-corrected chi connectivity index (χ4v) is 2.20. The average molecular weight is 371 g/mol. The van der Waals surface area contributed by atoms with E-state index in [1.165, 1.54) is 0 Å². The maximum atomic E-state index is 11.9. The van der Waals surface area contributed by atoms with Crippen LogP contribution in [0.3, 0.4) is 0 Å². The number of aromatic amines is 1. The zero-order chi connectivity index (χ0) is 13.8. The molecule has 0 atom stereocenters.